The van der Waals surface area contributed by atoms with Crippen LogP contribution in [0.15, 0.2) is 15.8 Å². The first-order valence-electron chi connectivity index (χ1n) is 18.6. The number of nitrogens with one attached hydrogen (secondary N) is 1. The number of aliphatic hydroxyl groups excluding tert-OH is 1. The molecule has 1 aromatic rings. The number of ether oxygens (including phenoxy) is 2. The van der Waals surface area contributed by atoms with Crippen molar-refractivity contribution < 1.29 is 62.6 Å². The maximum absolute atomic E-state index is 12.4. The van der Waals surface area contributed by atoms with Crippen molar-refractivity contribution in [1.29, 1.82) is 0 Å². The molecule has 0 saturated carbocycles. The summed E-state index contributed by atoms with van der Waals surface area (Å²) in [6, 6.07) is 0. The average Bonchev–Trinajstić information content (AvgIpc) is 3.42. The molecule has 0 radical (unpaired) electrons. The number of aryl methyl sites for hydroxylation is 1. The van der Waals surface area contributed by atoms with Crippen LogP contribution in [0.25, 0.3) is 0 Å². The van der Waals surface area contributed by atoms with Crippen LogP contribution in [0.5, 0.6) is 0 Å². The number of aromatic amines is 1. The maximum Gasteiger partial charge on any atom is 1.00 e. The van der Waals surface area contributed by atoms with Crippen LogP contribution in [0.1, 0.15) is 148 Å². The number of phosphoric acid groups is 1. The van der Waals surface area contributed by atoms with E-state index in [0.717, 1.165) is 12.2 Å². The molecule has 6 atom stereocenters. The van der Waals surface area contributed by atoms with E-state index >= 15 is 0 Å². The maximum atomic E-state index is 12.4. The van der Waals surface area contributed by atoms with Gasteiger partial charge in [-0.2, -0.15) is 11.8 Å². The van der Waals surface area contributed by atoms with Crippen molar-refractivity contribution in [3.8, 4) is 0 Å². The minimum absolute atomic E-state index is 0. The normalized spacial score (nSPS) is 20.2. The second kappa shape index (κ2) is 27.6. The molecule has 1 aromatic heterocycles. The fourth-order valence-corrected chi connectivity index (χ4v) is 7.99. The fourth-order valence-electron chi connectivity index (χ4n) is 5.88. The Balaban J connectivity index is 0.0000120. The van der Waals surface area contributed by atoms with Crippen LogP contribution in [0.4, 0.5) is 0 Å². The van der Waals surface area contributed by atoms with Gasteiger partial charge in [-0.15, -0.1) is 0 Å². The molecule has 3 unspecified atom stereocenters. The number of aliphatic hydroxyl groups is 1. The number of hydrogen-bond acceptors (Lipinski definition) is 10. The van der Waals surface area contributed by atoms with Gasteiger partial charge in [-0.25, -0.2) is 4.79 Å². The van der Waals surface area contributed by atoms with Crippen molar-refractivity contribution in [1.82, 2.24) is 9.55 Å². The topological polar surface area (TPSA) is 152 Å². The largest absolute Gasteiger partial charge is 1.00 e. The quantitative estimate of drug-likeness (QED) is 0.0695. The molecule has 280 valence electrons. The van der Waals surface area contributed by atoms with Crippen molar-refractivity contribution in [3.05, 3.63) is 32.6 Å². The molecule has 0 spiro atoms. The third-order valence-corrected chi connectivity index (χ3v) is 11.5. The van der Waals surface area contributed by atoms with Crippen LogP contribution < -0.4 is 45.7 Å². The summed E-state index contributed by atoms with van der Waals surface area (Å²) >= 11 is 2.02. The van der Waals surface area contributed by atoms with Crippen LogP contribution in [-0.2, 0) is 23.1 Å². The van der Waals surface area contributed by atoms with Crippen molar-refractivity contribution in [3.63, 3.8) is 0 Å². The molecule has 11 nitrogen and oxygen atoms in total. The minimum atomic E-state index is -4.65. The molecule has 0 amide bonds. The molecule has 2 rings (SSSR count). The summed E-state index contributed by atoms with van der Waals surface area (Å²) < 4.78 is 35.4. The van der Waals surface area contributed by atoms with Crippen molar-refractivity contribution >= 4 is 19.6 Å². The summed E-state index contributed by atoms with van der Waals surface area (Å²) in [4.78, 5) is 38.4. The predicted octanol–water partition coefficient (Wildman–Crippen LogP) is 4.18. The van der Waals surface area contributed by atoms with E-state index in [1.807, 2.05) is 11.8 Å². The zero-order valence-electron chi connectivity index (χ0n) is 31.0. The summed E-state index contributed by atoms with van der Waals surface area (Å²) in [6.45, 7) is 8.00. The number of phosphoric ester groups is 1. The Kier molecular flexibility index (Phi) is 26.5. The van der Waals surface area contributed by atoms with Crippen LogP contribution in [0, 0.1) is 6.92 Å². The van der Waals surface area contributed by atoms with E-state index in [4.69, 9.17) is 18.5 Å². The third kappa shape index (κ3) is 20.2. The van der Waals surface area contributed by atoms with Crippen LogP contribution in [0.3, 0.4) is 0 Å². The molecule has 0 aromatic carbocycles. The number of H-pyrrole nitrogens is 1. The predicted molar refractivity (Wildman–Crippen MR) is 192 cm³/mol. The molecule has 1 saturated heterocycles. The first-order valence-corrected chi connectivity index (χ1v) is 21.1. The summed E-state index contributed by atoms with van der Waals surface area (Å²) in [6.07, 6.45) is 19.6. The van der Waals surface area contributed by atoms with Crippen molar-refractivity contribution in [2.24, 2.45) is 0 Å². The molecule has 2 N–H and O–H groups in total. The Morgan fingerprint density at radius 3 is 2.18 bits per heavy atom. The van der Waals surface area contributed by atoms with Crippen molar-refractivity contribution in [2.75, 3.05) is 25.6 Å². The van der Waals surface area contributed by atoms with E-state index in [2.05, 4.69) is 25.8 Å². The Morgan fingerprint density at radius 2 is 1.55 bits per heavy atom. The number of hydrogen-bond donors (Lipinski definition) is 2. The minimum Gasteiger partial charge on any atom is -0.756 e. The molecule has 1 aliphatic rings. The van der Waals surface area contributed by atoms with E-state index in [-0.39, 0.29) is 48.7 Å². The SMILES string of the molecule is CCCCCCCCCCCCSC(CCCCCCC)C(C)OCCCOP(=O)([O-])OC[C@H]1O[C@@H](n2cc(C)c(=O)[nH]c2=O)C[C@@H]1O.[Na+]. The molecule has 1 aliphatic heterocycles. The number of aromatic nitrogens is 2. The Bertz CT molecular complexity index is 1160. The van der Waals surface area contributed by atoms with Gasteiger partial charge in [0.1, 0.15) is 12.3 Å². The van der Waals surface area contributed by atoms with Gasteiger partial charge in [0.2, 0.25) is 0 Å². The van der Waals surface area contributed by atoms with Gasteiger partial charge in [0.05, 0.1) is 25.4 Å². The van der Waals surface area contributed by atoms with Crippen LogP contribution in [0.2, 0.25) is 0 Å². The van der Waals surface area contributed by atoms with E-state index in [0.29, 0.717) is 23.8 Å². The molecule has 14 heteroatoms. The average molecular weight is 743 g/mol. The standard InChI is InChI=1S/C35H65N2O9PS.Na/c1-5-7-9-11-12-13-14-15-17-19-24-48-32(21-18-16-10-8-6-2)29(4)43-22-20-23-44-47(41,42)45-27-31-30(38)25-33(46-31)37-26-28(3)34(39)36-35(37)40;/h26,29-33,38H,5-25,27H2,1-4H3,(H,41,42)(H,36,39,40);/q;+1/p-1/t29?,30-,31+,32?,33+;/m0./s1. The van der Waals surface area contributed by atoms with E-state index in [1.165, 1.54) is 107 Å². The summed E-state index contributed by atoms with van der Waals surface area (Å²) in [5.41, 5.74) is -0.871. The zero-order valence-corrected chi connectivity index (χ0v) is 34.7. The van der Waals surface area contributed by atoms with Gasteiger partial charge in [0, 0.05) is 30.0 Å². The van der Waals surface area contributed by atoms with Gasteiger partial charge in [-0.05, 0) is 38.9 Å². The van der Waals surface area contributed by atoms with Gasteiger partial charge in [-0.3, -0.25) is 18.9 Å². The molecule has 1 fully saturated rings. The summed E-state index contributed by atoms with van der Waals surface area (Å²) in [5, 5.41) is 10.8. The second-order valence-corrected chi connectivity index (χ2v) is 16.0. The van der Waals surface area contributed by atoms with Gasteiger partial charge in [-0.1, -0.05) is 104 Å². The first kappa shape index (κ1) is 47.0. The molecule has 2 heterocycles. The molecule has 0 aliphatic carbocycles. The second-order valence-electron chi connectivity index (χ2n) is 13.2. The number of rotatable bonds is 29. The Morgan fingerprint density at radius 1 is 0.959 bits per heavy atom. The summed E-state index contributed by atoms with van der Waals surface area (Å²) in [5.74, 6) is 1.14. The summed E-state index contributed by atoms with van der Waals surface area (Å²) in [7, 11) is -4.65. The molecular weight excluding hydrogens is 678 g/mol. The van der Waals surface area contributed by atoms with E-state index < -0.39 is 44.1 Å². The smallest absolute Gasteiger partial charge is 0.756 e. The van der Waals surface area contributed by atoms with E-state index in [9.17, 15) is 24.2 Å². The van der Waals surface area contributed by atoms with Crippen LogP contribution >= 0.6 is 19.6 Å². The van der Waals surface area contributed by atoms with Gasteiger partial charge in [0.15, 0.2) is 0 Å². The fraction of sp³-hybridized carbons (Fsp3) is 0.886. The van der Waals surface area contributed by atoms with E-state index in [1.54, 1.807) is 6.92 Å². The Hall–Kier alpha value is 0.0200. The van der Waals surface area contributed by atoms with Gasteiger partial charge in [0.25, 0.3) is 13.4 Å². The molecule has 0 bridgehead atoms. The third-order valence-electron chi connectivity index (χ3n) is 8.92. The van der Waals surface area contributed by atoms with Crippen LogP contribution in [-0.4, -0.2) is 63.8 Å². The van der Waals surface area contributed by atoms with Gasteiger partial charge < -0.3 is 28.5 Å². The monoisotopic (exact) mass is 742 g/mol. The van der Waals surface area contributed by atoms with Crippen molar-refractivity contribution in [2.45, 2.75) is 173 Å². The first-order chi connectivity index (χ1) is 23.1. The molecular formula is C35H64N2NaO9PS. The Labute approximate surface area is 321 Å². The number of thioether (sulfide) groups is 1. The number of unbranched alkanes of at least 4 members (excludes halogenated alkanes) is 13. The number of nitrogens with zero attached hydrogens (tertiary/aromatic N) is 1. The molecule has 49 heavy (non-hydrogen) atoms. The zero-order chi connectivity index (χ0) is 35.2. The van der Waals surface area contributed by atoms with Gasteiger partial charge >= 0.3 is 35.2 Å².